The number of hydrogen-bond donors (Lipinski definition) is 2. The van der Waals surface area contributed by atoms with Gasteiger partial charge >= 0.3 is 0 Å². The first-order valence-corrected chi connectivity index (χ1v) is 12.4. The lowest BCUT2D eigenvalue weighted by Gasteiger charge is -2.18. The van der Waals surface area contributed by atoms with Crippen LogP contribution in [0.15, 0.2) is 28.8 Å². The third kappa shape index (κ3) is 5.06. The van der Waals surface area contributed by atoms with Crippen LogP contribution >= 0.6 is 0 Å². The number of anilines is 1. The molecule has 3 aromatic rings. The monoisotopic (exact) mass is 493 g/mol. The summed E-state index contributed by atoms with van der Waals surface area (Å²) in [6.07, 6.45) is 4.98. The molecule has 0 saturated heterocycles. The van der Waals surface area contributed by atoms with Gasteiger partial charge in [0.05, 0.1) is 18.7 Å². The lowest BCUT2D eigenvalue weighted by atomic mass is 9.86. The van der Waals surface area contributed by atoms with E-state index in [-0.39, 0.29) is 41.5 Å². The lowest BCUT2D eigenvalue weighted by Crippen LogP contribution is -2.15. The second kappa shape index (κ2) is 10.3. The molecule has 9 heteroatoms. The van der Waals surface area contributed by atoms with Crippen molar-refractivity contribution in [2.75, 3.05) is 12.8 Å². The van der Waals surface area contributed by atoms with Crippen LogP contribution < -0.4 is 11.5 Å². The number of benzene rings is 1. The highest BCUT2D eigenvalue weighted by Gasteiger charge is 2.34. The van der Waals surface area contributed by atoms with Gasteiger partial charge in [0.25, 0.3) is 5.91 Å². The van der Waals surface area contributed by atoms with Crippen molar-refractivity contribution in [1.82, 2.24) is 14.9 Å². The van der Waals surface area contributed by atoms with Gasteiger partial charge < -0.3 is 20.7 Å². The minimum atomic E-state index is -0.639. The topological polar surface area (TPSA) is 139 Å². The number of hydrogen-bond acceptors (Lipinski definition) is 7. The third-order valence-electron chi connectivity index (χ3n) is 7.09. The molecule has 4 N–H and O–H groups in total. The van der Waals surface area contributed by atoms with Gasteiger partial charge in [0.2, 0.25) is 0 Å². The molecule has 1 fully saturated rings. The van der Waals surface area contributed by atoms with Crippen LogP contribution in [0, 0.1) is 0 Å². The SMILES string of the molecule is COCc1cc(-c2nn(C(C)C)c(N)c2C(N)=O)ccc1CC(=O)Cc1cc(C2(C)CCCC2)on1. The number of amides is 1. The fourth-order valence-corrected chi connectivity index (χ4v) is 5.08. The van der Waals surface area contributed by atoms with E-state index in [1.807, 2.05) is 38.1 Å². The Morgan fingerprint density at radius 2 is 1.89 bits per heavy atom. The number of methoxy groups -OCH3 is 1. The number of nitrogens with zero attached hydrogens (tertiary/aromatic N) is 3. The minimum Gasteiger partial charge on any atom is -0.383 e. The molecular weight excluding hydrogens is 458 g/mol. The summed E-state index contributed by atoms with van der Waals surface area (Å²) >= 11 is 0. The van der Waals surface area contributed by atoms with E-state index in [1.54, 1.807) is 11.8 Å². The number of aromatic nitrogens is 3. The number of Topliss-reactive ketones (excluding diaryl/α,β-unsaturated/α-hetero) is 1. The Kier molecular flexibility index (Phi) is 7.31. The highest BCUT2D eigenvalue weighted by atomic mass is 16.5. The molecule has 1 aliphatic rings. The maximum atomic E-state index is 13.0. The quantitative estimate of drug-likeness (QED) is 0.433. The van der Waals surface area contributed by atoms with Crippen LogP contribution in [0.1, 0.15) is 85.4 Å². The van der Waals surface area contributed by atoms with Gasteiger partial charge in [-0.3, -0.25) is 9.59 Å². The van der Waals surface area contributed by atoms with Gasteiger partial charge in [-0.25, -0.2) is 4.68 Å². The minimum absolute atomic E-state index is 0.0193. The molecule has 0 spiro atoms. The fraction of sp³-hybridized carbons (Fsp3) is 0.481. The molecule has 0 unspecified atom stereocenters. The summed E-state index contributed by atoms with van der Waals surface area (Å²) in [5.41, 5.74) is 15.4. The second-order valence-electron chi connectivity index (χ2n) is 10.3. The summed E-state index contributed by atoms with van der Waals surface area (Å²) in [7, 11) is 1.60. The number of nitrogen functional groups attached to an aromatic ring is 1. The second-order valence-corrected chi connectivity index (χ2v) is 10.3. The molecular formula is C27H35N5O4. The maximum absolute atomic E-state index is 13.0. The lowest BCUT2D eigenvalue weighted by molar-refractivity contribution is -0.117. The molecule has 1 amide bonds. The van der Waals surface area contributed by atoms with E-state index >= 15 is 0 Å². The van der Waals surface area contributed by atoms with E-state index in [2.05, 4.69) is 17.2 Å². The largest absolute Gasteiger partial charge is 0.383 e. The normalized spacial score (nSPS) is 15.0. The Morgan fingerprint density at radius 1 is 1.17 bits per heavy atom. The molecule has 0 atom stereocenters. The molecule has 36 heavy (non-hydrogen) atoms. The van der Waals surface area contributed by atoms with Crippen molar-refractivity contribution >= 4 is 17.5 Å². The summed E-state index contributed by atoms with van der Waals surface area (Å²) < 4.78 is 12.6. The van der Waals surface area contributed by atoms with Gasteiger partial charge in [0, 0.05) is 36.6 Å². The van der Waals surface area contributed by atoms with Crippen molar-refractivity contribution in [2.24, 2.45) is 5.73 Å². The molecule has 2 aromatic heterocycles. The zero-order valence-corrected chi connectivity index (χ0v) is 21.5. The summed E-state index contributed by atoms with van der Waals surface area (Å²) in [4.78, 5) is 25.1. The molecule has 2 heterocycles. The van der Waals surface area contributed by atoms with Gasteiger partial charge in [0.1, 0.15) is 28.6 Å². The molecule has 1 aliphatic carbocycles. The van der Waals surface area contributed by atoms with Crippen LogP contribution in [0.4, 0.5) is 5.82 Å². The number of rotatable bonds is 10. The van der Waals surface area contributed by atoms with Crippen LogP contribution in [0.2, 0.25) is 0 Å². The number of nitrogens with two attached hydrogens (primary N) is 2. The van der Waals surface area contributed by atoms with Gasteiger partial charge in [-0.05, 0) is 43.9 Å². The first-order valence-electron chi connectivity index (χ1n) is 12.4. The summed E-state index contributed by atoms with van der Waals surface area (Å²) in [6.45, 7) is 6.35. The van der Waals surface area contributed by atoms with Crippen LogP contribution in [0.5, 0.6) is 0 Å². The Bertz CT molecular complexity index is 1270. The van der Waals surface area contributed by atoms with E-state index in [0.717, 1.165) is 29.7 Å². The first-order chi connectivity index (χ1) is 17.1. The van der Waals surface area contributed by atoms with E-state index in [1.165, 1.54) is 12.8 Å². The summed E-state index contributed by atoms with van der Waals surface area (Å²) in [5.74, 6) is 0.499. The zero-order chi connectivity index (χ0) is 26.0. The van der Waals surface area contributed by atoms with E-state index in [4.69, 9.17) is 20.7 Å². The Balaban J connectivity index is 1.56. The summed E-state index contributed by atoms with van der Waals surface area (Å²) in [5, 5.41) is 8.72. The first kappa shape index (κ1) is 25.6. The molecule has 1 aromatic carbocycles. The van der Waals surface area contributed by atoms with E-state index in [0.29, 0.717) is 23.6 Å². The molecule has 0 radical (unpaired) electrons. The van der Waals surface area contributed by atoms with Crippen molar-refractivity contribution < 1.29 is 18.8 Å². The Hall–Kier alpha value is -3.46. The molecule has 1 saturated carbocycles. The standard InChI is InChI=1S/C27H35N5O4/c1-16(2)32-25(28)23(26(29)34)24(30-32)18-8-7-17(19(11-18)15-35-4)12-21(33)13-20-14-22(36-31-20)27(3)9-5-6-10-27/h7-8,11,14,16H,5-6,9-10,12-13,15,28H2,1-4H3,(H2,29,34). The van der Waals surface area contributed by atoms with Crippen molar-refractivity contribution in [3.05, 3.63) is 52.4 Å². The molecule has 0 bridgehead atoms. The van der Waals surface area contributed by atoms with Crippen LogP contribution in [-0.2, 0) is 34.4 Å². The number of carbonyl (C=O) groups is 2. The summed E-state index contributed by atoms with van der Waals surface area (Å²) in [6, 6.07) is 7.46. The smallest absolute Gasteiger partial charge is 0.254 e. The van der Waals surface area contributed by atoms with Crippen LogP contribution in [-0.4, -0.2) is 33.7 Å². The highest BCUT2D eigenvalue weighted by molar-refractivity contribution is 6.03. The van der Waals surface area contributed by atoms with E-state index < -0.39 is 5.91 Å². The highest BCUT2D eigenvalue weighted by Crippen LogP contribution is 2.40. The van der Waals surface area contributed by atoms with Crippen molar-refractivity contribution in [1.29, 1.82) is 0 Å². The Labute approximate surface area is 211 Å². The zero-order valence-electron chi connectivity index (χ0n) is 21.5. The van der Waals surface area contributed by atoms with Crippen molar-refractivity contribution in [2.45, 2.75) is 77.4 Å². The number of primary amides is 1. The third-order valence-corrected chi connectivity index (χ3v) is 7.09. The van der Waals surface area contributed by atoms with Gasteiger partial charge in [-0.15, -0.1) is 0 Å². The molecule has 4 rings (SSSR count). The molecule has 9 nitrogen and oxygen atoms in total. The van der Waals surface area contributed by atoms with Gasteiger partial charge in [-0.2, -0.15) is 5.10 Å². The average Bonchev–Trinajstić information content (AvgIpc) is 3.54. The maximum Gasteiger partial charge on any atom is 0.254 e. The number of ketones is 1. The van der Waals surface area contributed by atoms with Crippen LogP contribution in [0.25, 0.3) is 11.3 Å². The van der Waals surface area contributed by atoms with Crippen molar-refractivity contribution in [3.8, 4) is 11.3 Å². The van der Waals surface area contributed by atoms with Gasteiger partial charge in [-0.1, -0.05) is 37.1 Å². The fourth-order valence-electron chi connectivity index (χ4n) is 5.08. The van der Waals surface area contributed by atoms with Crippen LogP contribution in [0.3, 0.4) is 0 Å². The average molecular weight is 494 g/mol. The predicted molar refractivity (Wildman–Crippen MR) is 136 cm³/mol. The number of ether oxygens (including phenoxy) is 1. The molecule has 192 valence electrons. The Morgan fingerprint density at radius 3 is 2.53 bits per heavy atom. The molecule has 0 aliphatic heterocycles. The van der Waals surface area contributed by atoms with E-state index in [9.17, 15) is 9.59 Å². The predicted octanol–water partition coefficient (Wildman–Crippen LogP) is 4.13. The van der Waals surface area contributed by atoms with Gasteiger partial charge in [0.15, 0.2) is 0 Å². The number of carbonyl (C=O) groups excluding carboxylic acids is 2. The van der Waals surface area contributed by atoms with Crippen molar-refractivity contribution in [3.63, 3.8) is 0 Å².